The minimum atomic E-state index is 0. The standard InChI is InChI=1S/C9H20N2O.C3H8.H2/c1-8(2)10-6-9-7-11(3)4-5-12-9;1-3-2;/h8-10H,4-7H2,1-3H3;3H2,1-2H3;1H. The summed E-state index contributed by atoms with van der Waals surface area (Å²) in [4.78, 5) is 2.32. The first kappa shape index (κ1) is 14.9. The number of morpholine rings is 1. The molecule has 0 radical (unpaired) electrons. The van der Waals surface area contributed by atoms with Crippen LogP contribution in [0.5, 0.6) is 0 Å². The SMILES string of the molecule is CC(C)NCC1CN(C)CCO1.CCC.[HH]. The van der Waals surface area contributed by atoms with Crippen LogP contribution in [-0.4, -0.2) is 50.3 Å². The Morgan fingerprint density at radius 2 is 2.07 bits per heavy atom. The minimum absolute atomic E-state index is 0. The molecule has 94 valence electrons. The highest BCUT2D eigenvalue weighted by molar-refractivity contribution is 4.71. The largest absolute Gasteiger partial charge is 0.374 e. The van der Waals surface area contributed by atoms with Crippen molar-refractivity contribution < 1.29 is 6.16 Å². The molecule has 0 aromatic heterocycles. The second-order valence-corrected chi connectivity index (χ2v) is 4.53. The second kappa shape index (κ2) is 9.13. The van der Waals surface area contributed by atoms with Gasteiger partial charge in [0.05, 0.1) is 12.7 Å². The summed E-state index contributed by atoms with van der Waals surface area (Å²) in [7, 11) is 2.14. The Balaban J connectivity index is 0. The van der Waals surface area contributed by atoms with Crippen molar-refractivity contribution in [1.82, 2.24) is 10.2 Å². The fraction of sp³-hybridized carbons (Fsp3) is 1.00. The predicted molar refractivity (Wildman–Crippen MR) is 68.5 cm³/mol. The van der Waals surface area contributed by atoms with E-state index in [1.165, 1.54) is 6.42 Å². The average Bonchev–Trinajstić information content (AvgIpc) is 2.16. The van der Waals surface area contributed by atoms with Crippen molar-refractivity contribution in [3.05, 3.63) is 0 Å². The Morgan fingerprint density at radius 1 is 1.47 bits per heavy atom. The van der Waals surface area contributed by atoms with E-state index in [9.17, 15) is 0 Å². The van der Waals surface area contributed by atoms with Gasteiger partial charge in [0.25, 0.3) is 0 Å². The van der Waals surface area contributed by atoms with Gasteiger partial charge in [-0.25, -0.2) is 0 Å². The van der Waals surface area contributed by atoms with E-state index in [1.54, 1.807) is 0 Å². The molecule has 1 N–H and O–H groups in total. The lowest BCUT2D eigenvalue weighted by molar-refractivity contribution is -0.0188. The van der Waals surface area contributed by atoms with Crippen molar-refractivity contribution in [2.24, 2.45) is 0 Å². The molecule has 1 aliphatic rings. The van der Waals surface area contributed by atoms with Gasteiger partial charge in [-0.05, 0) is 7.05 Å². The molecular formula is C12H30N2O. The molecule has 3 nitrogen and oxygen atoms in total. The lowest BCUT2D eigenvalue weighted by Gasteiger charge is -2.30. The molecule has 0 spiro atoms. The Bertz CT molecular complexity index is 145. The molecular weight excluding hydrogens is 188 g/mol. The predicted octanol–water partition coefficient (Wildman–Crippen LogP) is 1.98. The maximum Gasteiger partial charge on any atom is 0.0826 e. The van der Waals surface area contributed by atoms with E-state index in [1.807, 2.05) is 0 Å². The fourth-order valence-electron chi connectivity index (χ4n) is 1.36. The molecule has 1 heterocycles. The highest BCUT2D eigenvalue weighted by Crippen LogP contribution is 2.01. The number of hydrogen-bond donors (Lipinski definition) is 1. The van der Waals surface area contributed by atoms with Crippen LogP contribution in [0.15, 0.2) is 0 Å². The number of ether oxygens (including phenoxy) is 1. The third-order valence-corrected chi connectivity index (χ3v) is 2.10. The van der Waals surface area contributed by atoms with Crippen molar-refractivity contribution in [2.75, 3.05) is 33.3 Å². The number of nitrogens with zero attached hydrogens (tertiary/aromatic N) is 1. The molecule has 1 rings (SSSR count). The van der Waals surface area contributed by atoms with Gasteiger partial charge in [0.15, 0.2) is 0 Å². The van der Waals surface area contributed by atoms with E-state index in [-0.39, 0.29) is 1.43 Å². The molecule has 1 saturated heterocycles. The topological polar surface area (TPSA) is 24.5 Å². The zero-order valence-electron chi connectivity index (χ0n) is 11.0. The molecule has 3 heteroatoms. The van der Waals surface area contributed by atoms with Crippen molar-refractivity contribution in [1.29, 1.82) is 0 Å². The summed E-state index contributed by atoms with van der Waals surface area (Å²) < 4.78 is 5.59. The maximum absolute atomic E-state index is 5.59. The Morgan fingerprint density at radius 3 is 2.53 bits per heavy atom. The first-order valence-corrected chi connectivity index (χ1v) is 6.13. The quantitative estimate of drug-likeness (QED) is 0.784. The molecule has 0 aliphatic carbocycles. The molecule has 0 bridgehead atoms. The van der Waals surface area contributed by atoms with Gasteiger partial charge in [0, 0.05) is 27.1 Å². The third kappa shape index (κ3) is 8.85. The van der Waals surface area contributed by atoms with Gasteiger partial charge in [-0.15, -0.1) is 0 Å². The van der Waals surface area contributed by atoms with E-state index >= 15 is 0 Å². The first-order valence-electron chi connectivity index (χ1n) is 6.13. The molecule has 1 unspecified atom stereocenters. The number of likely N-dealkylation sites (N-methyl/N-ethyl adjacent to an activating group) is 1. The normalized spacial score (nSPS) is 22.4. The molecule has 1 fully saturated rings. The zero-order chi connectivity index (χ0) is 11.7. The first-order chi connectivity index (χ1) is 7.10. The van der Waals surface area contributed by atoms with Crippen LogP contribution in [-0.2, 0) is 4.74 Å². The smallest absolute Gasteiger partial charge is 0.0826 e. The van der Waals surface area contributed by atoms with Gasteiger partial charge in [0.2, 0.25) is 0 Å². The van der Waals surface area contributed by atoms with Crippen LogP contribution in [0.4, 0.5) is 0 Å². The van der Waals surface area contributed by atoms with Crippen LogP contribution in [0.25, 0.3) is 0 Å². The summed E-state index contributed by atoms with van der Waals surface area (Å²) in [6.07, 6.45) is 1.63. The van der Waals surface area contributed by atoms with Crippen molar-refractivity contribution in [3.63, 3.8) is 0 Å². The summed E-state index contributed by atoms with van der Waals surface area (Å²) >= 11 is 0. The lowest BCUT2D eigenvalue weighted by Crippen LogP contribution is -2.45. The molecule has 1 atom stereocenters. The van der Waals surface area contributed by atoms with Crippen LogP contribution in [0.3, 0.4) is 0 Å². The molecule has 0 aromatic carbocycles. The van der Waals surface area contributed by atoms with Crippen LogP contribution in [0, 0.1) is 0 Å². The van der Waals surface area contributed by atoms with Gasteiger partial charge in [-0.2, -0.15) is 0 Å². The summed E-state index contributed by atoms with van der Waals surface area (Å²) in [5.41, 5.74) is 0. The molecule has 15 heavy (non-hydrogen) atoms. The summed E-state index contributed by atoms with van der Waals surface area (Å²) in [5, 5.41) is 3.38. The molecule has 0 aromatic rings. The van der Waals surface area contributed by atoms with E-state index in [0.717, 1.165) is 26.2 Å². The van der Waals surface area contributed by atoms with Gasteiger partial charge in [0.1, 0.15) is 0 Å². The highest BCUT2D eigenvalue weighted by Gasteiger charge is 2.16. The number of hydrogen-bond acceptors (Lipinski definition) is 3. The Kier molecular flexibility index (Phi) is 9.06. The average molecular weight is 218 g/mol. The monoisotopic (exact) mass is 218 g/mol. The minimum Gasteiger partial charge on any atom is -0.374 e. The lowest BCUT2D eigenvalue weighted by atomic mass is 10.2. The van der Waals surface area contributed by atoms with Crippen molar-refractivity contribution in [3.8, 4) is 0 Å². The Hall–Kier alpha value is -0.120. The van der Waals surface area contributed by atoms with E-state index in [2.05, 4.69) is 45.0 Å². The van der Waals surface area contributed by atoms with Crippen LogP contribution in [0.2, 0.25) is 0 Å². The van der Waals surface area contributed by atoms with E-state index in [4.69, 9.17) is 4.74 Å². The fourth-order valence-corrected chi connectivity index (χ4v) is 1.36. The van der Waals surface area contributed by atoms with Crippen LogP contribution >= 0.6 is 0 Å². The zero-order valence-corrected chi connectivity index (χ0v) is 11.0. The van der Waals surface area contributed by atoms with Crippen molar-refractivity contribution >= 4 is 0 Å². The summed E-state index contributed by atoms with van der Waals surface area (Å²) in [6.45, 7) is 12.5. The maximum atomic E-state index is 5.59. The number of rotatable bonds is 3. The summed E-state index contributed by atoms with van der Waals surface area (Å²) in [6, 6.07) is 0.556. The van der Waals surface area contributed by atoms with Gasteiger partial charge >= 0.3 is 0 Å². The second-order valence-electron chi connectivity index (χ2n) is 4.53. The third-order valence-electron chi connectivity index (χ3n) is 2.10. The van der Waals surface area contributed by atoms with E-state index < -0.39 is 0 Å². The highest BCUT2D eigenvalue weighted by atomic mass is 16.5. The molecule has 0 amide bonds. The van der Waals surface area contributed by atoms with Crippen molar-refractivity contribution in [2.45, 2.75) is 46.3 Å². The van der Waals surface area contributed by atoms with Gasteiger partial charge in [-0.1, -0.05) is 34.1 Å². The van der Waals surface area contributed by atoms with Gasteiger partial charge < -0.3 is 15.0 Å². The number of nitrogens with one attached hydrogen (secondary N) is 1. The van der Waals surface area contributed by atoms with Crippen LogP contribution < -0.4 is 5.32 Å². The Labute approximate surface area is 96.7 Å². The molecule has 0 saturated carbocycles. The van der Waals surface area contributed by atoms with Gasteiger partial charge in [-0.3, -0.25) is 0 Å². The van der Waals surface area contributed by atoms with Crippen LogP contribution in [0.1, 0.15) is 35.5 Å². The van der Waals surface area contributed by atoms with E-state index in [0.29, 0.717) is 12.1 Å². The summed E-state index contributed by atoms with van der Waals surface area (Å²) in [5.74, 6) is 0. The molecule has 1 aliphatic heterocycles.